The minimum atomic E-state index is 0.199. The van der Waals surface area contributed by atoms with E-state index in [4.69, 9.17) is 0 Å². The Bertz CT molecular complexity index is 121. The van der Waals surface area contributed by atoms with Gasteiger partial charge in [0.15, 0.2) is 0 Å². The Kier molecular flexibility index (Phi) is 5.38. The Hall–Kier alpha value is -0.180. The van der Waals surface area contributed by atoms with E-state index in [-0.39, 0.29) is 5.24 Å². The van der Waals surface area contributed by atoms with Gasteiger partial charge < -0.3 is 4.90 Å². The maximum Gasteiger partial charge on any atom is 0.281 e. The predicted molar refractivity (Wildman–Crippen MR) is 51.0 cm³/mol. The first-order chi connectivity index (χ1) is 5.11. The average molecular weight is 175 g/mol. The van der Waals surface area contributed by atoms with Crippen LogP contribution in [-0.2, 0) is 0 Å². The second-order valence-corrected chi connectivity index (χ2v) is 4.13. The fraction of sp³-hybridized carbons (Fsp3) is 0.875. The van der Waals surface area contributed by atoms with Crippen molar-refractivity contribution in [2.45, 2.75) is 32.9 Å². The number of rotatable bonds is 3. The minimum absolute atomic E-state index is 0.199. The number of hydrogen-bond acceptors (Lipinski definition) is 2. The highest BCUT2D eigenvalue weighted by Gasteiger charge is 2.10. The van der Waals surface area contributed by atoms with E-state index in [0.717, 1.165) is 13.1 Å². The van der Waals surface area contributed by atoms with E-state index in [9.17, 15) is 4.79 Å². The zero-order chi connectivity index (χ0) is 8.85. The molecule has 0 aromatic carbocycles. The van der Waals surface area contributed by atoms with Crippen LogP contribution in [0, 0.1) is 0 Å². The van der Waals surface area contributed by atoms with Crippen molar-refractivity contribution in [1.29, 1.82) is 0 Å². The topological polar surface area (TPSA) is 20.3 Å². The van der Waals surface area contributed by atoms with Gasteiger partial charge in [-0.05, 0) is 13.8 Å². The largest absolute Gasteiger partial charge is 0.334 e. The molecule has 0 aromatic rings. The van der Waals surface area contributed by atoms with Crippen LogP contribution in [0.1, 0.15) is 27.7 Å². The summed E-state index contributed by atoms with van der Waals surface area (Å²) >= 11 is 1.40. The fourth-order valence-electron chi connectivity index (χ4n) is 0.758. The Labute approximate surface area is 73.3 Å². The van der Waals surface area contributed by atoms with Crippen molar-refractivity contribution in [2.24, 2.45) is 0 Å². The van der Waals surface area contributed by atoms with Crippen LogP contribution < -0.4 is 0 Å². The summed E-state index contributed by atoms with van der Waals surface area (Å²) in [4.78, 5) is 13.1. The summed E-state index contributed by atoms with van der Waals surface area (Å²) in [7, 11) is 0. The number of amides is 1. The molecule has 0 radical (unpaired) electrons. The highest BCUT2D eigenvalue weighted by Crippen LogP contribution is 2.14. The zero-order valence-electron chi connectivity index (χ0n) is 7.76. The molecule has 0 aromatic heterocycles. The molecule has 0 aliphatic heterocycles. The molecule has 0 N–H and O–H groups in total. The van der Waals surface area contributed by atoms with E-state index < -0.39 is 0 Å². The highest BCUT2D eigenvalue weighted by molar-refractivity contribution is 8.14. The van der Waals surface area contributed by atoms with Gasteiger partial charge in [0.05, 0.1) is 0 Å². The number of nitrogens with zero attached hydrogens (tertiary/aromatic N) is 1. The van der Waals surface area contributed by atoms with E-state index in [1.54, 1.807) is 0 Å². The molecular formula is C8H17NOS. The Balaban J connectivity index is 3.79. The average Bonchev–Trinajstić information content (AvgIpc) is 1.88. The highest BCUT2D eigenvalue weighted by atomic mass is 32.2. The molecule has 0 saturated carbocycles. The van der Waals surface area contributed by atoms with Gasteiger partial charge in [0.1, 0.15) is 0 Å². The van der Waals surface area contributed by atoms with Gasteiger partial charge >= 0.3 is 0 Å². The van der Waals surface area contributed by atoms with E-state index in [0.29, 0.717) is 5.25 Å². The van der Waals surface area contributed by atoms with Crippen LogP contribution in [-0.4, -0.2) is 28.5 Å². The van der Waals surface area contributed by atoms with Crippen LogP contribution in [0.3, 0.4) is 0 Å². The summed E-state index contributed by atoms with van der Waals surface area (Å²) < 4.78 is 0. The van der Waals surface area contributed by atoms with Crippen LogP contribution in [0.25, 0.3) is 0 Å². The molecule has 0 bridgehead atoms. The van der Waals surface area contributed by atoms with Gasteiger partial charge in [-0.2, -0.15) is 0 Å². The molecule has 2 nitrogen and oxygen atoms in total. The molecule has 0 fully saturated rings. The Morgan fingerprint density at radius 3 is 2.09 bits per heavy atom. The molecule has 0 saturated heterocycles. The zero-order valence-corrected chi connectivity index (χ0v) is 8.57. The predicted octanol–water partition coefficient (Wildman–Crippen LogP) is 2.59. The minimum Gasteiger partial charge on any atom is -0.334 e. The Morgan fingerprint density at radius 2 is 1.82 bits per heavy atom. The van der Waals surface area contributed by atoms with Crippen molar-refractivity contribution in [3.63, 3.8) is 0 Å². The van der Waals surface area contributed by atoms with Crippen molar-refractivity contribution < 1.29 is 4.79 Å². The van der Waals surface area contributed by atoms with E-state index >= 15 is 0 Å². The molecule has 0 spiro atoms. The smallest absolute Gasteiger partial charge is 0.281 e. The second kappa shape index (κ2) is 5.47. The summed E-state index contributed by atoms with van der Waals surface area (Å²) in [6, 6.07) is 0. The van der Waals surface area contributed by atoms with Crippen molar-refractivity contribution in [2.75, 3.05) is 13.1 Å². The summed E-state index contributed by atoms with van der Waals surface area (Å²) in [6.45, 7) is 9.70. The van der Waals surface area contributed by atoms with E-state index in [1.165, 1.54) is 11.8 Å². The van der Waals surface area contributed by atoms with Crippen molar-refractivity contribution >= 4 is 17.0 Å². The first kappa shape index (κ1) is 10.8. The molecule has 0 aliphatic rings. The lowest BCUT2D eigenvalue weighted by Crippen LogP contribution is -2.27. The SMILES string of the molecule is CCN(CC)C(=O)SC(C)C. The molecule has 0 aliphatic carbocycles. The van der Waals surface area contributed by atoms with Crippen LogP contribution >= 0.6 is 11.8 Å². The van der Waals surface area contributed by atoms with Crippen LogP contribution in [0.15, 0.2) is 0 Å². The maximum absolute atomic E-state index is 11.3. The van der Waals surface area contributed by atoms with Crippen molar-refractivity contribution in [3.05, 3.63) is 0 Å². The lowest BCUT2D eigenvalue weighted by Gasteiger charge is -2.18. The lowest BCUT2D eigenvalue weighted by atomic mass is 10.6. The molecule has 66 valence electrons. The summed E-state index contributed by atoms with van der Waals surface area (Å²) in [5.74, 6) is 0. The monoisotopic (exact) mass is 175 g/mol. The quantitative estimate of drug-likeness (QED) is 0.657. The number of carbonyl (C=O) groups is 1. The van der Waals surface area contributed by atoms with Gasteiger partial charge in [-0.3, -0.25) is 4.79 Å². The molecule has 0 unspecified atom stereocenters. The number of thioether (sulfide) groups is 1. The lowest BCUT2D eigenvalue weighted by molar-refractivity contribution is 0.228. The molecule has 3 heteroatoms. The third-order valence-corrected chi connectivity index (χ3v) is 2.29. The summed E-state index contributed by atoms with van der Waals surface area (Å²) in [5, 5.41) is 0.591. The molecule has 0 heterocycles. The third kappa shape index (κ3) is 4.30. The molecular weight excluding hydrogens is 158 g/mol. The van der Waals surface area contributed by atoms with Crippen LogP contribution in [0.4, 0.5) is 4.79 Å². The van der Waals surface area contributed by atoms with Crippen LogP contribution in [0.5, 0.6) is 0 Å². The molecule has 1 amide bonds. The Morgan fingerprint density at radius 1 is 1.36 bits per heavy atom. The normalized spacial score (nSPS) is 10.3. The van der Waals surface area contributed by atoms with Crippen molar-refractivity contribution in [3.8, 4) is 0 Å². The van der Waals surface area contributed by atoms with Gasteiger partial charge in [0, 0.05) is 18.3 Å². The summed E-state index contributed by atoms with van der Waals surface area (Å²) in [6.07, 6.45) is 0. The molecule has 0 atom stereocenters. The first-order valence-corrected chi connectivity index (χ1v) is 4.95. The maximum atomic E-state index is 11.3. The summed E-state index contributed by atoms with van der Waals surface area (Å²) in [5.41, 5.74) is 0. The van der Waals surface area contributed by atoms with Gasteiger partial charge in [0.2, 0.25) is 0 Å². The second-order valence-electron chi connectivity index (χ2n) is 2.60. The fourth-order valence-corrected chi connectivity index (χ4v) is 1.57. The van der Waals surface area contributed by atoms with Gasteiger partial charge in [-0.25, -0.2) is 0 Å². The van der Waals surface area contributed by atoms with Gasteiger partial charge in [-0.1, -0.05) is 25.6 Å². The third-order valence-electron chi connectivity index (χ3n) is 1.36. The van der Waals surface area contributed by atoms with Crippen molar-refractivity contribution in [1.82, 2.24) is 4.90 Å². The van der Waals surface area contributed by atoms with Crippen LogP contribution in [0.2, 0.25) is 0 Å². The number of carbonyl (C=O) groups excluding carboxylic acids is 1. The standard InChI is InChI=1S/C8H17NOS/c1-5-9(6-2)8(10)11-7(3)4/h7H,5-6H2,1-4H3. The number of hydrogen-bond donors (Lipinski definition) is 0. The molecule has 11 heavy (non-hydrogen) atoms. The first-order valence-electron chi connectivity index (χ1n) is 4.07. The molecule has 0 rings (SSSR count). The van der Waals surface area contributed by atoms with E-state index in [2.05, 4.69) is 0 Å². The van der Waals surface area contributed by atoms with Gasteiger partial charge in [0.25, 0.3) is 5.24 Å². The van der Waals surface area contributed by atoms with E-state index in [1.807, 2.05) is 32.6 Å². The van der Waals surface area contributed by atoms with Gasteiger partial charge in [-0.15, -0.1) is 0 Å².